The Bertz CT molecular complexity index is 171. The van der Waals surface area contributed by atoms with Gasteiger partial charge in [-0.1, -0.05) is 20.8 Å². The molecule has 0 bridgehead atoms. The smallest absolute Gasteiger partial charge is 0.326 e. The lowest BCUT2D eigenvalue weighted by Crippen LogP contribution is -2.42. The van der Waals surface area contributed by atoms with Gasteiger partial charge in [0, 0.05) is 6.04 Å². The fraction of sp³-hybridized carbons (Fsp3) is 1.00. The van der Waals surface area contributed by atoms with E-state index in [1.54, 1.807) is 6.92 Å². The van der Waals surface area contributed by atoms with Gasteiger partial charge in [0.05, 0.1) is 0 Å². The van der Waals surface area contributed by atoms with Crippen LogP contribution in [0.3, 0.4) is 0 Å². The highest BCUT2D eigenvalue weighted by atomic mass is 32.2. The van der Waals surface area contributed by atoms with Gasteiger partial charge in [0.25, 0.3) is 0 Å². The molecule has 1 nitrogen and oxygen atoms in total. The van der Waals surface area contributed by atoms with Gasteiger partial charge in [0.1, 0.15) is 5.25 Å². The fourth-order valence-corrected chi connectivity index (χ4v) is 2.60. The molecule has 2 unspecified atom stereocenters. The van der Waals surface area contributed by atoms with Crippen LogP contribution >= 0.6 is 11.8 Å². The lowest BCUT2D eigenvalue weighted by Gasteiger charge is -2.25. The van der Waals surface area contributed by atoms with E-state index in [0.29, 0.717) is 18.1 Å². The molecule has 2 atom stereocenters. The van der Waals surface area contributed by atoms with Crippen molar-refractivity contribution in [3.05, 3.63) is 0 Å². The van der Waals surface area contributed by atoms with E-state index in [-0.39, 0.29) is 0 Å². The predicted molar refractivity (Wildman–Crippen MR) is 60.0 cm³/mol. The summed E-state index contributed by atoms with van der Waals surface area (Å²) in [5.74, 6) is 0.958. The van der Waals surface area contributed by atoms with Crippen LogP contribution in [0.2, 0.25) is 0 Å². The summed E-state index contributed by atoms with van der Waals surface area (Å²) >= 11 is 0.939. The third kappa shape index (κ3) is 6.30. The highest BCUT2D eigenvalue weighted by Crippen LogP contribution is 2.33. The zero-order valence-corrected chi connectivity index (χ0v) is 10.3. The molecule has 0 aliphatic carbocycles. The summed E-state index contributed by atoms with van der Waals surface area (Å²) < 4.78 is 37.7. The van der Waals surface area contributed by atoms with Crippen LogP contribution in [0.25, 0.3) is 0 Å². The van der Waals surface area contributed by atoms with E-state index in [2.05, 4.69) is 0 Å². The lowest BCUT2D eigenvalue weighted by atomic mass is 10.1. The summed E-state index contributed by atoms with van der Waals surface area (Å²) in [6.07, 6.45) is -3.02. The molecule has 0 saturated heterocycles. The second-order valence-electron chi connectivity index (χ2n) is 4.09. The Morgan fingerprint density at radius 1 is 1.27 bits per heavy atom. The van der Waals surface area contributed by atoms with Crippen molar-refractivity contribution in [1.29, 1.82) is 0 Å². The van der Waals surface area contributed by atoms with Gasteiger partial charge in [-0.05, 0) is 24.5 Å². The highest BCUT2D eigenvalue weighted by molar-refractivity contribution is 8.00. The Balaban J connectivity index is 4.15. The standard InChI is InChI=1S/C10H20F3NS/c1-4-8(14)9(10(11,12)13)15-6-5-7(2)3/h7-9H,4-6,14H2,1-3H3. The van der Waals surface area contributed by atoms with Crippen LogP contribution in [0.5, 0.6) is 0 Å². The first-order valence-electron chi connectivity index (χ1n) is 5.22. The van der Waals surface area contributed by atoms with Crippen molar-refractivity contribution in [3.63, 3.8) is 0 Å². The van der Waals surface area contributed by atoms with E-state index in [1.165, 1.54) is 0 Å². The first kappa shape index (κ1) is 15.1. The molecule has 0 aliphatic rings. The Morgan fingerprint density at radius 2 is 1.80 bits per heavy atom. The van der Waals surface area contributed by atoms with Crippen LogP contribution in [0, 0.1) is 5.92 Å². The Kier molecular flexibility index (Phi) is 6.68. The molecule has 0 amide bonds. The third-order valence-corrected chi connectivity index (χ3v) is 3.62. The van der Waals surface area contributed by atoms with Gasteiger partial charge in [0.2, 0.25) is 0 Å². The van der Waals surface area contributed by atoms with Crippen LogP contribution in [0.1, 0.15) is 33.6 Å². The molecule has 5 heteroatoms. The van der Waals surface area contributed by atoms with Crippen LogP contribution in [-0.4, -0.2) is 23.2 Å². The minimum Gasteiger partial charge on any atom is -0.326 e. The molecule has 15 heavy (non-hydrogen) atoms. The van der Waals surface area contributed by atoms with E-state index in [0.717, 1.165) is 18.2 Å². The molecular weight excluding hydrogens is 223 g/mol. The maximum atomic E-state index is 12.6. The van der Waals surface area contributed by atoms with Crippen LogP contribution in [0.15, 0.2) is 0 Å². The van der Waals surface area contributed by atoms with Crippen molar-refractivity contribution in [2.45, 2.75) is 51.1 Å². The van der Waals surface area contributed by atoms with Gasteiger partial charge in [-0.15, -0.1) is 11.8 Å². The van der Waals surface area contributed by atoms with E-state index in [1.807, 2.05) is 13.8 Å². The SMILES string of the molecule is CCC(N)C(SCCC(C)C)C(F)(F)F. The van der Waals surface area contributed by atoms with Gasteiger partial charge < -0.3 is 5.73 Å². The highest BCUT2D eigenvalue weighted by Gasteiger charge is 2.42. The summed E-state index contributed by atoms with van der Waals surface area (Å²) in [5.41, 5.74) is 5.48. The van der Waals surface area contributed by atoms with Crippen molar-refractivity contribution in [2.75, 3.05) is 5.75 Å². The number of thioether (sulfide) groups is 1. The number of nitrogens with two attached hydrogens (primary N) is 1. The summed E-state index contributed by atoms with van der Waals surface area (Å²) in [5, 5.41) is -1.42. The molecule has 92 valence electrons. The summed E-state index contributed by atoms with van der Waals surface area (Å²) in [6, 6.07) is -0.790. The normalized spacial score (nSPS) is 16.8. The minimum atomic E-state index is -4.18. The molecule has 2 N–H and O–H groups in total. The predicted octanol–water partition coefficient (Wildman–Crippen LogP) is 3.43. The molecule has 0 fully saturated rings. The Morgan fingerprint density at radius 3 is 2.13 bits per heavy atom. The molecule has 0 rings (SSSR count). The molecule has 0 aromatic carbocycles. The summed E-state index contributed by atoms with van der Waals surface area (Å²) in [6.45, 7) is 5.69. The molecule has 0 radical (unpaired) electrons. The van der Waals surface area contributed by atoms with Gasteiger partial charge in [-0.25, -0.2) is 0 Å². The molecule has 0 spiro atoms. The molecule has 0 saturated carbocycles. The summed E-state index contributed by atoms with van der Waals surface area (Å²) in [4.78, 5) is 0. The van der Waals surface area contributed by atoms with E-state index < -0.39 is 17.5 Å². The molecule has 0 heterocycles. The van der Waals surface area contributed by atoms with Gasteiger partial charge in [-0.3, -0.25) is 0 Å². The van der Waals surface area contributed by atoms with Gasteiger partial charge >= 0.3 is 6.18 Å². The number of hydrogen-bond acceptors (Lipinski definition) is 2. The van der Waals surface area contributed by atoms with Crippen molar-refractivity contribution in [3.8, 4) is 0 Å². The van der Waals surface area contributed by atoms with Gasteiger partial charge in [-0.2, -0.15) is 13.2 Å². The van der Waals surface area contributed by atoms with Crippen LogP contribution in [0.4, 0.5) is 13.2 Å². The number of halogens is 3. The van der Waals surface area contributed by atoms with Crippen molar-refractivity contribution in [2.24, 2.45) is 11.7 Å². The Labute approximate surface area is 94.0 Å². The monoisotopic (exact) mass is 243 g/mol. The first-order chi connectivity index (χ1) is 6.79. The molecular formula is C10H20F3NS. The topological polar surface area (TPSA) is 26.0 Å². The maximum absolute atomic E-state index is 12.6. The van der Waals surface area contributed by atoms with Crippen molar-refractivity contribution < 1.29 is 13.2 Å². The van der Waals surface area contributed by atoms with Crippen LogP contribution < -0.4 is 5.73 Å². The number of rotatable bonds is 6. The lowest BCUT2D eigenvalue weighted by molar-refractivity contribution is -0.132. The zero-order chi connectivity index (χ0) is 12.1. The van der Waals surface area contributed by atoms with E-state index >= 15 is 0 Å². The zero-order valence-electron chi connectivity index (χ0n) is 9.47. The first-order valence-corrected chi connectivity index (χ1v) is 6.27. The molecule has 0 aliphatic heterocycles. The number of alkyl halides is 3. The largest absolute Gasteiger partial charge is 0.402 e. The quantitative estimate of drug-likeness (QED) is 0.773. The second kappa shape index (κ2) is 6.63. The van der Waals surface area contributed by atoms with E-state index in [9.17, 15) is 13.2 Å². The third-order valence-electron chi connectivity index (χ3n) is 2.18. The number of hydrogen-bond donors (Lipinski definition) is 1. The fourth-order valence-electron chi connectivity index (χ4n) is 1.11. The Hall–Kier alpha value is 0.100. The van der Waals surface area contributed by atoms with Crippen molar-refractivity contribution in [1.82, 2.24) is 0 Å². The second-order valence-corrected chi connectivity index (χ2v) is 5.34. The molecule has 0 aromatic rings. The summed E-state index contributed by atoms with van der Waals surface area (Å²) in [7, 11) is 0. The molecule has 0 aromatic heterocycles. The average Bonchev–Trinajstić information content (AvgIpc) is 2.09. The van der Waals surface area contributed by atoms with E-state index in [4.69, 9.17) is 5.73 Å². The maximum Gasteiger partial charge on any atom is 0.402 e. The van der Waals surface area contributed by atoms with Gasteiger partial charge in [0.15, 0.2) is 0 Å². The van der Waals surface area contributed by atoms with Crippen LogP contribution in [-0.2, 0) is 0 Å². The minimum absolute atomic E-state index is 0.360. The average molecular weight is 243 g/mol. The van der Waals surface area contributed by atoms with Crippen molar-refractivity contribution >= 4 is 11.8 Å².